The Morgan fingerprint density at radius 1 is 1.16 bits per heavy atom. The van der Waals surface area contributed by atoms with Crippen LogP contribution in [0, 0.1) is 10.1 Å². The predicted molar refractivity (Wildman–Crippen MR) is 128 cm³/mol. The lowest BCUT2D eigenvalue weighted by molar-refractivity contribution is -0.384. The minimum Gasteiger partial charge on any atom is -0.258 e. The molecule has 0 amide bonds. The summed E-state index contributed by atoms with van der Waals surface area (Å²) in [5, 5.41) is 17.8. The fourth-order valence-electron chi connectivity index (χ4n) is 3.02. The Kier molecular flexibility index (Phi) is 6.65. The molecule has 0 fully saturated rings. The summed E-state index contributed by atoms with van der Waals surface area (Å²) >= 11 is 1.47. The zero-order chi connectivity index (χ0) is 22.6. The van der Waals surface area contributed by atoms with E-state index in [1.807, 2.05) is 12.3 Å². The molecule has 0 spiro atoms. The van der Waals surface area contributed by atoms with Gasteiger partial charge in [0.15, 0.2) is 0 Å². The average Bonchev–Trinajstić information content (AvgIpc) is 3.14. The van der Waals surface area contributed by atoms with Gasteiger partial charge in [-0.15, -0.1) is 17.9 Å². The highest BCUT2D eigenvalue weighted by Crippen LogP contribution is 2.24. The Labute approximate surface area is 186 Å². The number of non-ortho nitro benzene ring substituents is 1. The van der Waals surface area contributed by atoms with Crippen molar-refractivity contribution < 1.29 is 4.92 Å². The molecule has 0 aliphatic rings. The molecule has 6 nitrogen and oxygen atoms in total. The lowest BCUT2D eigenvalue weighted by Gasteiger charge is -2.19. The third-order valence-corrected chi connectivity index (χ3v) is 5.69. The summed E-state index contributed by atoms with van der Waals surface area (Å²) in [6.07, 6.45) is 1.73. The number of hydrogen-bond donors (Lipinski definition) is 0. The number of hydrogen-bond acceptors (Lipinski definition) is 5. The third kappa shape index (κ3) is 5.24. The number of aromatic nitrogens is 1. The first-order valence-corrected chi connectivity index (χ1v) is 10.8. The van der Waals surface area contributed by atoms with Crippen molar-refractivity contribution in [2.75, 3.05) is 6.54 Å². The van der Waals surface area contributed by atoms with Crippen molar-refractivity contribution in [1.82, 2.24) is 4.68 Å². The lowest BCUT2D eigenvalue weighted by Crippen LogP contribution is -2.15. The standard InChI is InChI=1S/C24H26N4O2S/c1-6-15-25-23-27(22(16-31-23)19-9-13-21(14-10-19)28(29)30)26-17(2)18-7-11-20(12-8-18)24(3,4)5/h6-14,16H,1,15H2,2-5H3/b25-23?,26-17+. The highest BCUT2D eigenvalue weighted by atomic mass is 32.1. The molecular weight excluding hydrogens is 408 g/mol. The van der Waals surface area contributed by atoms with Gasteiger partial charge in [-0.05, 0) is 35.6 Å². The molecule has 0 atom stereocenters. The smallest absolute Gasteiger partial charge is 0.258 e. The maximum absolute atomic E-state index is 11.0. The molecule has 0 unspecified atom stereocenters. The maximum Gasteiger partial charge on any atom is 0.269 e. The Morgan fingerprint density at radius 3 is 2.35 bits per heavy atom. The minimum atomic E-state index is -0.403. The van der Waals surface area contributed by atoms with E-state index in [1.54, 1.807) is 22.9 Å². The Bertz CT molecular complexity index is 1180. The molecule has 31 heavy (non-hydrogen) atoms. The SMILES string of the molecule is C=CCN=c1scc(-c2ccc([N+](=O)[O-])cc2)n1/N=C(\C)c1ccc(C(C)(C)C)cc1. The van der Waals surface area contributed by atoms with E-state index in [9.17, 15) is 10.1 Å². The number of thiazole rings is 1. The summed E-state index contributed by atoms with van der Waals surface area (Å²) in [6.45, 7) is 12.7. The van der Waals surface area contributed by atoms with E-state index in [0.717, 1.165) is 27.3 Å². The van der Waals surface area contributed by atoms with Gasteiger partial charge in [-0.2, -0.15) is 5.10 Å². The van der Waals surface area contributed by atoms with Gasteiger partial charge in [-0.1, -0.05) is 51.1 Å². The quantitative estimate of drug-likeness (QED) is 0.213. The van der Waals surface area contributed by atoms with Crippen LogP contribution in [0.4, 0.5) is 5.69 Å². The summed E-state index contributed by atoms with van der Waals surface area (Å²) in [5.74, 6) is 0. The van der Waals surface area contributed by atoms with E-state index in [-0.39, 0.29) is 11.1 Å². The van der Waals surface area contributed by atoms with Crippen LogP contribution in [0.15, 0.2) is 76.7 Å². The molecule has 0 bridgehead atoms. The van der Waals surface area contributed by atoms with Crippen LogP contribution in [0.3, 0.4) is 0 Å². The maximum atomic E-state index is 11.0. The number of nitrogens with zero attached hydrogens (tertiary/aromatic N) is 4. The topological polar surface area (TPSA) is 72.8 Å². The van der Waals surface area contributed by atoms with E-state index in [4.69, 9.17) is 5.10 Å². The van der Waals surface area contributed by atoms with Gasteiger partial charge in [0, 0.05) is 23.1 Å². The zero-order valence-corrected chi connectivity index (χ0v) is 19.0. The Morgan fingerprint density at radius 2 is 1.81 bits per heavy atom. The second kappa shape index (κ2) is 9.22. The van der Waals surface area contributed by atoms with Crippen LogP contribution in [-0.4, -0.2) is 21.9 Å². The summed E-state index contributed by atoms with van der Waals surface area (Å²) in [7, 11) is 0. The summed E-state index contributed by atoms with van der Waals surface area (Å²) in [5.41, 5.74) is 4.94. The fourth-order valence-corrected chi connectivity index (χ4v) is 3.86. The lowest BCUT2D eigenvalue weighted by atomic mass is 9.86. The normalized spacial score (nSPS) is 12.8. The number of nitro benzene ring substituents is 1. The number of nitro groups is 1. The van der Waals surface area contributed by atoms with Crippen molar-refractivity contribution in [2.45, 2.75) is 33.1 Å². The second-order valence-electron chi connectivity index (χ2n) is 8.16. The van der Waals surface area contributed by atoms with Crippen molar-refractivity contribution in [3.05, 3.63) is 92.6 Å². The summed E-state index contributed by atoms with van der Waals surface area (Å²) < 4.78 is 1.79. The molecule has 1 heterocycles. The van der Waals surface area contributed by atoms with Gasteiger partial charge < -0.3 is 0 Å². The summed E-state index contributed by atoms with van der Waals surface area (Å²) in [4.78, 5) is 15.9. The van der Waals surface area contributed by atoms with Crippen LogP contribution in [0.1, 0.15) is 38.8 Å². The Balaban J connectivity index is 2.06. The molecule has 0 radical (unpaired) electrons. The van der Waals surface area contributed by atoms with Crippen LogP contribution in [0.2, 0.25) is 0 Å². The van der Waals surface area contributed by atoms with Gasteiger partial charge in [0.05, 0.1) is 22.9 Å². The van der Waals surface area contributed by atoms with Crippen molar-refractivity contribution in [1.29, 1.82) is 0 Å². The third-order valence-electron chi connectivity index (χ3n) is 4.83. The largest absolute Gasteiger partial charge is 0.269 e. The number of benzene rings is 2. The zero-order valence-electron chi connectivity index (χ0n) is 18.2. The molecule has 0 N–H and O–H groups in total. The molecule has 3 aromatic rings. The van der Waals surface area contributed by atoms with Crippen LogP contribution in [-0.2, 0) is 5.41 Å². The van der Waals surface area contributed by atoms with Crippen LogP contribution < -0.4 is 4.80 Å². The summed E-state index contributed by atoms with van der Waals surface area (Å²) in [6, 6.07) is 14.9. The highest BCUT2D eigenvalue weighted by molar-refractivity contribution is 7.07. The minimum absolute atomic E-state index is 0.0562. The van der Waals surface area contributed by atoms with E-state index < -0.39 is 4.92 Å². The van der Waals surface area contributed by atoms with Crippen molar-refractivity contribution >= 4 is 22.7 Å². The molecule has 0 aliphatic heterocycles. The van der Waals surface area contributed by atoms with E-state index in [0.29, 0.717) is 6.54 Å². The van der Waals surface area contributed by atoms with Crippen LogP contribution >= 0.6 is 11.3 Å². The first-order chi connectivity index (χ1) is 14.7. The average molecular weight is 435 g/mol. The molecular formula is C24H26N4O2S. The van der Waals surface area contributed by atoms with E-state index in [1.165, 1.54) is 29.0 Å². The van der Waals surface area contributed by atoms with Crippen molar-refractivity contribution in [3.63, 3.8) is 0 Å². The van der Waals surface area contributed by atoms with Crippen LogP contribution in [0.25, 0.3) is 11.3 Å². The molecule has 0 aliphatic carbocycles. The van der Waals surface area contributed by atoms with Gasteiger partial charge in [0.25, 0.3) is 5.69 Å². The van der Waals surface area contributed by atoms with Gasteiger partial charge in [-0.25, -0.2) is 4.68 Å². The van der Waals surface area contributed by atoms with Gasteiger partial charge in [0.2, 0.25) is 4.80 Å². The molecule has 0 saturated carbocycles. The van der Waals surface area contributed by atoms with Gasteiger partial charge in [0.1, 0.15) is 0 Å². The molecule has 0 saturated heterocycles. The van der Waals surface area contributed by atoms with E-state index >= 15 is 0 Å². The first-order valence-electron chi connectivity index (χ1n) is 9.94. The molecule has 7 heteroatoms. The number of rotatable bonds is 6. The molecule has 2 aromatic carbocycles. The van der Waals surface area contributed by atoms with Gasteiger partial charge >= 0.3 is 0 Å². The predicted octanol–water partition coefficient (Wildman–Crippen LogP) is 5.78. The second-order valence-corrected chi connectivity index (χ2v) is 9.00. The monoisotopic (exact) mass is 434 g/mol. The van der Waals surface area contributed by atoms with Crippen molar-refractivity contribution in [3.8, 4) is 11.3 Å². The van der Waals surface area contributed by atoms with Crippen LogP contribution in [0.5, 0.6) is 0 Å². The van der Waals surface area contributed by atoms with Gasteiger partial charge in [-0.3, -0.25) is 15.1 Å². The first kappa shape index (κ1) is 22.4. The fraction of sp³-hybridized carbons (Fsp3) is 0.250. The highest BCUT2D eigenvalue weighted by Gasteiger charge is 2.14. The Hall–Kier alpha value is -3.32. The molecule has 160 valence electrons. The van der Waals surface area contributed by atoms with Crippen molar-refractivity contribution in [2.24, 2.45) is 10.1 Å². The molecule has 3 rings (SSSR count). The molecule has 1 aromatic heterocycles. The van der Waals surface area contributed by atoms with E-state index in [2.05, 4.69) is 56.6 Å².